The molecule has 0 aliphatic heterocycles. The minimum Gasteiger partial charge on any atom is -0.310 e. The molecule has 1 unspecified atom stereocenters. The number of rotatable bonds is 5. The molecule has 2 atom stereocenters. The Morgan fingerprint density at radius 3 is 2.39 bits per heavy atom. The van der Waals surface area contributed by atoms with Crippen LogP contribution in [-0.2, 0) is 6.54 Å². The SMILES string of the molecule is CCC(C)c1cccc(CN[C@H](C)C(C)(C)C)c1. The standard InChI is InChI=1S/C17H29N/c1-7-13(2)16-10-8-9-15(11-16)12-18-14(3)17(4,5)6/h8-11,13-14,18H,7,12H2,1-6H3/t13?,14-/m1/s1. The monoisotopic (exact) mass is 247 g/mol. The van der Waals surface area contributed by atoms with Gasteiger partial charge in [0.15, 0.2) is 0 Å². The lowest BCUT2D eigenvalue weighted by Gasteiger charge is -2.28. The van der Waals surface area contributed by atoms with Crippen LogP contribution >= 0.6 is 0 Å². The molecule has 1 N–H and O–H groups in total. The van der Waals surface area contributed by atoms with Crippen molar-refractivity contribution in [2.45, 2.75) is 66.5 Å². The molecule has 1 heteroatoms. The number of nitrogens with one attached hydrogen (secondary N) is 1. The largest absolute Gasteiger partial charge is 0.310 e. The molecule has 102 valence electrons. The van der Waals surface area contributed by atoms with Gasteiger partial charge in [0.1, 0.15) is 0 Å². The van der Waals surface area contributed by atoms with Crippen molar-refractivity contribution in [2.24, 2.45) is 5.41 Å². The van der Waals surface area contributed by atoms with E-state index in [0.717, 1.165) is 6.54 Å². The van der Waals surface area contributed by atoms with E-state index in [-0.39, 0.29) is 0 Å². The van der Waals surface area contributed by atoms with Crippen LogP contribution in [-0.4, -0.2) is 6.04 Å². The summed E-state index contributed by atoms with van der Waals surface area (Å²) in [6.07, 6.45) is 1.20. The van der Waals surface area contributed by atoms with E-state index in [1.54, 1.807) is 0 Å². The minimum atomic E-state index is 0.314. The molecule has 1 aromatic rings. The van der Waals surface area contributed by atoms with Gasteiger partial charge in [-0.05, 0) is 35.8 Å². The summed E-state index contributed by atoms with van der Waals surface area (Å²) in [6, 6.07) is 9.50. The van der Waals surface area contributed by atoms with Crippen molar-refractivity contribution in [1.29, 1.82) is 0 Å². The molecule has 1 rings (SSSR count). The summed E-state index contributed by atoms with van der Waals surface area (Å²) in [7, 11) is 0. The Balaban J connectivity index is 2.63. The average molecular weight is 247 g/mol. The Morgan fingerprint density at radius 2 is 1.83 bits per heavy atom. The first kappa shape index (κ1) is 15.2. The highest BCUT2D eigenvalue weighted by Crippen LogP contribution is 2.21. The highest BCUT2D eigenvalue weighted by atomic mass is 14.9. The van der Waals surface area contributed by atoms with Crippen molar-refractivity contribution in [1.82, 2.24) is 5.32 Å². The van der Waals surface area contributed by atoms with Gasteiger partial charge in [-0.2, -0.15) is 0 Å². The van der Waals surface area contributed by atoms with Crippen molar-refractivity contribution in [2.75, 3.05) is 0 Å². The van der Waals surface area contributed by atoms with Crippen LogP contribution in [0.15, 0.2) is 24.3 Å². The molecule has 0 bridgehead atoms. The summed E-state index contributed by atoms with van der Waals surface area (Å²) in [5.41, 5.74) is 3.16. The molecule has 1 aromatic carbocycles. The van der Waals surface area contributed by atoms with Gasteiger partial charge in [0, 0.05) is 12.6 Å². The van der Waals surface area contributed by atoms with Crippen molar-refractivity contribution < 1.29 is 0 Å². The molecule has 0 radical (unpaired) electrons. The van der Waals surface area contributed by atoms with E-state index in [0.29, 0.717) is 17.4 Å². The van der Waals surface area contributed by atoms with E-state index in [2.05, 4.69) is 71.1 Å². The molecular formula is C17H29N. The maximum absolute atomic E-state index is 3.62. The van der Waals surface area contributed by atoms with Gasteiger partial charge in [0.25, 0.3) is 0 Å². The van der Waals surface area contributed by atoms with Crippen LogP contribution < -0.4 is 5.32 Å². The first-order valence-corrected chi connectivity index (χ1v) is 7.16. The fourth-order valence-electron chi connectivity index (χ4n) is 1.82. The minimum absolute atomic E-state index is 0.314. The summed E-state index contributed by atoms with van der Waals surface area (Å²) < 4.78 is 0. The van der Waals surface area contributed by atoms with Gasteiger partial charge in [-0.15, -0.1) is 0 Å². The normalized spacial score (nSPS) is 15.4. The zero-order chi connectivity index (χ0) is 13.8. The Bertz CT molecular complexity index is 362. The van der Waals surface area contributed by atoms with Crippen LogP contribution in [0.1, 0.15) is 65.0 Å². The first-order chi connectivity index (χ1) is 8.34. The van der Waals surface area contributed by atoms with Crippen LogP contribution in [0.5, 0.6) is 0 Å². The molecule has 0 aromatic heterocycles. The fourth-order valence-corrected chi connectivity index (χ4v) is 1.82. The molecule has 0 fully saturated rings. The number of hydrogen-bond acceptors (Lipinski definition) is 1. The molecule has 0 aliphatic rings. The van der Waals surface area contributed by atoms with Gasteiger partial charge < -0.3 is 5.32 Å². The van der Waals surface area contributed by atoms with Crippen molar-refractivity contribution in [3.8, 4) is 0 Å². The second-order valence-corrected chi connectivity index (χ2v) is 6.52. The lowest BCUT2D eigenvalue weighted by atomic mass is 9.88. The van der Waals surface area contributed by atoms with Crippen LogP contribution in [0.3, 0.4) is 0 Å². The van der Waals surface area contributed by atoms with Crippen molar-refractivity contribution in [3.63, 3.8) is 0 Å². The predicted octanol–water partition coefficient (Wildman–Crippen LogP) is 4.72. The zero-order valence-corrected chi connectivity index (χ0v) is 12.9. The average Bonchev–Trinajstić information content (AvgIpc) is 2.34. The van der Waals surface area contributed by atoms with Gasteiger partial charge >= 0.3 is 0 Å². The van der Waals surface area contributed by atoms with Gasteiger partial charge in [-0.3, -0.25) is 0 Å². The summed E-state index contributed by atoms with van der Waals surface area (Å²) in [5.74, 6) is 0.657. The third kappa shape index (κ3) is 4.45. The van der Waals surface area contributed by atoms with Gasteiger partial charge in [-0.1, -0.05) is 58.9 Å². The van der Waals surface area contributed by atoms with E-state index < -0.39 is 0 Å². The predicted molar refractivity (Wildman–Crippen MR) is 80.9 cm³/mol. The molecule has 0 saturated carbocycles. The highest BCUT2D eigenvalue weighted by Gasteiger charge is 2.19. The van der Waals surface area contributed by atoms with Crippen LogP contribution in [0.2, 0.25) is 0 Å². The Labute approximate surface area is 113 Å². The van der Waals surface area contributed by atoms with E-state index in [1.165, 1.54) is 17.5 Å². The Hall–Kier alpha value is -0.820. The fraction of sp³-hybridized carbons (Fsp3) is 0.647. The second kappa shape index (κ2) is 6.38. The summed E-state index contributed by atoms with van der Waals surface area (Å²) >= 11 is 0. The Kier molecular flexibility index (Phi) is 5.40. The molecule has 0 aliphatic carbocycles. The van der Waals surface area contributed by atoms with E-state index in [4.69, 9.17) is 0 Å². The molecule has 1 nitrogen and oxygen atoms in total. The smallest absolute Gasteiger partial charge is 0.0208 e. The number of hydrogen-bond donors (Lipinski definition) is 1. The van der Waals surface area contributed by atoms with Gasteiger partial charge in [0.05, 0.1) is 0 Å². The first-order valence-electron chi connectivity index (χ1n) is 7.16. The third-order valence-electron chi connectivity index (χ3n) is 4.04. The molecule has 0 spiro atoms. The topological polar surface area (TPSA) is 12.0 Å². The van der Waals surface area contributed by atoms with Crippen LogP contribution in [0.4, 0.5) is 0 Å². The summed E-state index contributed by atoms with van der Waals surface area (Å²) in [4.78, 5) is 0. The molecule has 18 heavy (non-hydrogen) atoms. The third-order valence-corrected chi connectivity index (χ3v) is 4.04. The quantitative estimate of drug-likeness (QED) is 0.793. The van der Waals surface area contributed by atoms with E-state index >= 15 is 0 Å². The van der Waals surface area contributed by atoms with Crippen LogP contribution in [0, 0.1) is 5.41 Å². The highest BCUT2D eigenvalue weighted by molar-refractivity contribution is 5.26. The lowest BCUT2D eigenvalue weighted by Crippen LogP contribution is -2.37. The molecule has 0 amide bonds. The molecular weight excluding hydrogens is 218 g/mol. The summed E-state index contributed by atoms with van der Waals surface area (Å²) in [6.45, 7) is 14.6. The van der Waals surface area contributed by atoms with E-state index in [9.17, 15) is 0 Å². The molecule has 0 heterocycles. The van der Waals surface area contributed by atoms with Crippen LogP contribution in [0.25, 0.3) is 0 Å². The lowest BCUT2D eigenvalue weighted by molar-refractivity contribution is 0.285. The van der Waals surface area contributed by atoms with E-state index in [1.807, 2.05) is 0 Å². The maximum atomic E-state index is 3.62. The Morgan fingerprint density at radius 1 is 1.17 bits per heavy atom. The van der Waals surface area contributed by atoms with Crippen molar-refractivity contribution in [3.05, 3.63) is 35.4 Å². The molecule has 0 saturated heterocycles. The number of benzene rings is 1. The zero-order valence-electron chi connectivity index (χ0n) is 12.9. The van der Waals surface area contributed by atoms with Gasteiger partial charge in [-0.25, -0.2) is 0 Å². The summed E-state index contributed by atoms with van der Waals surface area (Å²) in [5, 5.41) is 3.62. The van der Waals surface area contributed by atoms with Gasteiger partial charge in [0.2, 0.25) is 0 Å². The second-order valence-electron chi connectivity index (χ2n) is 6.52. The van der Waals surface area contributed by atoms with Crippen molar-refractivity contribution >= 4 is 0 Å². The maximum Gasteiger partial charge on any atom is 0.0208 e.